The quantitative estimate of drug-likeness (QED) is 0.655. The molecule has 0 radical (unpaired) electrons. The van der Waals surface area contributed by atoms with Crippen LogP contribution in [0.1, 0.15) is 43.5 Å². The fourth-order valence-corrected chi connectivity index (χ4v) is 4.72. The van der Waals surface area contributed by atoms with Crippen LogP contribution in [0.2, 0.25) is 0 Å². The molecule has 2 amide bonds. The predicted octanol–water partition coefficient (Wildman–Crippen LogP) is 3.41. The fourth-order valence-electron chi connectivity index (χ4n) is 4.72. The van der Waals surface area contributed by atoms with Crippen molar-refractivity contribution in [2.75, 3.05) is 19.6 Å². The number of halogens is 5. The Morgan fingerprint density at radius 1 is 1.18 bits per heavy atom. The van der Waals surface area contributed by atoms with E-state index in [1.165, 1.54) is 0 Å². The molecule has 0 bridgehead atoms. The summed E-state index contributed by atoms with van der Waals surface area (Å²) in [7, 11) is 0. The number of carbonyl (C=O) groups is 3. The molecule has 4 rings (SSSR count). The Bertz CT molecular complexity index is 947. The molecular formula is C22H26F5N3O4. The van der Waals surface area contributed by atoms with Gasteiger partial charge in [0.2, 0.25) is 17.7 Å². The molecule has 1 atom stereocenters. The SMILES string of the molecule is Cc1cccc(CN2CCC3(CCCN(C(=O)C4CC(F)(F)C4)C3)C2=O)n1.O=C(O)C(F)(F)F. The van der Waals surface area contributed by atoms with Crippen LogP contribution in [0.3, 0.4) is 0 Å². The first-order valence-electron chi connectivity index (χ1n) is 10.9. The number of piperidine rings is 1. The van der Waals surface area contributed by atoms with Gasteiger partial charge in [0.05, 0.1) is 17.7 Å². The molecule has 3 heterocycles. The number of carbonyl (C=O) groups excluding carboxylic acids is 2. The van der Waals surface area contributed by atoms with Crippen LogP contribution < -0.4 is 0 Å². The van der Waals surface area contributed by atoms with Crippen LogP contribution in [0.15, 0.2) is 18.2 Å². The van der Waals surface area contributed by atoms with Crippen LogP contribution in [-0.4, -0.2) is 69.4 Å². The minimum Gasteiger partial charge on any atom is -0.475 e. The van der Waals surface area contributed by atoms with Crippen LogP contribution >= 0.6 is 0 Å². The summed E-state index contributed by atoms with van der Waals surface area (Å²) >= 11 is 0. The molecule has 12 heteroatoms. The number of alkyl halides is 5. The molecular weight excluding hydrogens is 465 g/mol. The molecule has 3 aliphatic rings. The van der Waals surface area contributed by atoms with E-state index in [2.05, 4.69) is 4.98 Å². The molecule has 1 aromatic rings. The third-order valence-corrected chi connectivity index (χ3v) is 6.47. The first-order chi connectivity index (χ1) is 15.7. The van der Waals surface area contributed by atoms with E-state index >= 15 is 0 Å². The Labute approximate surface area is 192 Å². The zero-order valence-corrected chi connectivity index (χ0v) is 18.6. The number of aryl methyl sites for hydroxylation is 1. The van der Waals surface area contributed by atoms with E-state index in [1.807, 2.05) is 30.0 Å². The molecule has 34 heavy (non-hydrogen) atoms. The van der Waals surface area contributed by atoms with Crippen molar-refractivity contribution in [3.63, 3.8) is 0 Å². The van der Waals surface area contributed by atoms with Gasteiger partial charge in [-0.05, 0) is 38.3 Å². The van der Waals surface area contributed by atoms with E-state index in [9.17, 15) is 31.5 Å². The summed E-state index contributed by atoms with van der Waals surface area (Å²) in [6.07, 6.45) is -3.57. The van der Waals surface area contributed by atoms with E-state index in [0.717, 1.165) is 24.2 Å². The van der Waals surface area contributed by atoms with Gasteiger partial charge in [0, 0.05) is 44.1 Å². The van der Waals surface area contributed by atoms with E-state index in [0.29, 0.717) is 32.6 Å². The highest BCUT2D eigenvalue weighted by Crippen LogP contribution is 2.45. The number of aliphatic carboxylic acids is 1. The lowest BCUT2D eigenvalue weighted by Crippen LogP contribution is -2.54. The highest BCUT2D eigenvalue weighted by molar-refractivity contribution is 5.87. The van der Waals surface area contributed by atoms with Crippen molar-refractivity contribution in [1.82, 2.24) is 14.8 Å². The molecule has 2 aliphatic heterocycles. The minimum absolute atomic E-state index is 0.0715. The smallest absolute Gasteiger partial charge is 0.475 e. The molecule has 188 valence electrons. The predicted molar refractivity (Wildman–Crippen MR) is 109 cm³/mol. The van der Waals surface area contributed by atoms with Crippen LogP contribution in [-0.2, 0) is 20.9 Å². The Morgan fingerprint density at radius 2 is 1.82 bits per heavy atom. The zero-order valence-electron chi connectivity index (χ0n) is 18.6. The lowest BCUT2D eigenvalue weighted by molar-refractivity contribution is -0.192. The third kappa shape index (κ3) is 5.82. The number of likely N-dealkylation sites (tertiary alicyclic amines) is 2. The Balaban J connectivity index is 0.000000406. The lowest BCUT2D eigenvalue weighted by atomic mass is 9.76. The van der Waals surface area contributed by atoms with E-state index in [4.69, 9.17) is 9.90 Å². The minimum atomic E-state index is -5.08. The first-order valence-corrected chi connectivity index (χ1v) is 10.9. The number of nitrogens with zero attached hydrogens (tertiary/aromatic N) is 3. The monoisotopic (exact) mass is 491 g/mol. The summed E-state index contributed by atoms with van der Waals surface area (Å²) < 4.78 is 58.0. The standard InChI is InChI=1S/C20H25F2N3O2.C2HF3O2/c1-14-4-2-5-16(23-14)12-24-9-7-19(18(24)27)6-3-8-25(13-19)17(26)15-10-20(21,22)11-15;3-2(4,5)1(6)7/h2,4-5,15H,3,6-13H2,1H3;(H,6,7). The summed E-state index contributed by atoms with van der Waals surface area (Å²) in [5, 5.41) is 7.12. The van der Waals surface area contributed by atoms with Crippen molar-refractivity contribution in [2.24, 2.45) is 11.3 Å². The number of carboxylic acid groups (broad SMARTS) is 1. The largest absolute Gasteiger partial charge is 0.490 e. The van der Waals surface area contributed by atoms with Gasteiger partial charge in [-0.2, -0.15) is 13.2 Å². The molecule has 2 saturated heterocycles. The number of rotatable bonds is 3. The summed E-state index contributed by atoms with van der Waals surface area (Å²) in [5.41, 5.74) is 1.23. The van der Waals surface area contributed by atoms with Crippen molar-refractivity contribution < 1.29 is 41.4 Å². The van der Waals surface area contributed by atoms with Gasteiger partial charge in [0.1, 0.15) is 0 Å². The number of hydrogen-bond donors (Lipinski definition) is 1. The van der Waals surface area contributed by atoms with Gasteiger partial charge in [-0.15, -0.1) is 0 Å². The van der Waals surface area contributed by atoms with Crippen LogP contribution in [0.4, 0.5) is 22.0 Å². The number of hydrogen-bond acceptors (Lipinski definition) is 4. The molecule has 1 aliphatic carbocycles. The number of pyridine rings is 1. The third-order valence-electron chi connectivity index (χ3n) is 6.47. The zero-order chi connectivity index (χ0) is 25.3. The van der Waals surface area contributed by atoms with Crippen molar-refractivity contribution >= 4 is 17.8 Å². The second-order valence-corrected chi connectivity index (χ2v) is 9.15. The van der Waals surface area contributed by atoms with Gasteiger partial charge in [0.25, 0.3) is 0 Å². The van der Waals surface area contributed by atoms with Gasteiger partial charge >= 0.3 is 12.1 Å². The summed E-state index contributed by atoms with van der Waals surface area (Å²) in [6, 6.07) is 5.77. The molecule has 1 N–H and O–H groups in total. The van der Waals surface area contributed by atoms with E-state index in [-0.39, 0.29) is 24.7 Å². The molecule has 1 unspecified atom stereocenters. The molecule has 1 spiro atoms. The normalized spacial score (nSPS) is 24.5. The van der Waals surface area contributed by atoms with E-state index < -0.39 is 29.4 Å². The first kappa shape index (κ1) is 25.8. The maximum absolute atomic E-state index is 13.1. The van der Waals surface area contributed by atoms with Crippen LogP contribution in [0.25, 0.3) is 0 Å². The molecule has 3 fully saturated rings. The fraction of sp³-hybridized carbons (Fsp3) is 0.636. The molecule has 0 aromatic carbocycles. The van der Waals surface area contributed by atoms with E-state index in [1.54, 1.807) is 4.90 Å². The van der Waals surface area contributed by atoms with Crippen molar-refractivity contribution in [1.29, 1.82) is 0 Å². The number of carboxylic acids is 1. The average molecular weight is 491 g/mol. The molecule has 1 aromatic heterocycles. The topological polar surface area (TPSA) is 90.8 Å². The van der Waals surface area contributed by atoms with Gasteiger partial charge in [-0.3, -0.25) is 14.6 Å². The van der Waals surface area contributed by atoms with Gasteiger partial charge in [0.15, 0.2) is 0 Å². The highest BCUT2D eigenvalue weighted by Gasteiger charge is 2.53. The van der Waals surface area contributed by atoms with Crippen molar-refractivity contribution in [3.05, 3.63) is 29.6 Å². The van der Waals surface area contributed by atoms with Crippen LogP contribution in [0, 0.1) is 18.3 Å². The van der Waals surface area contributed by atoms with Crippen LogP contribution in [0.5, 0.6) is 0 Å². The number of amides is 2. The van der Waals surface area contributed by atoms with Crippen molar-refractivity contribution in [2.45, 2.75) is 57.7 Å². The maximum Gasteiger partial charge on any atom is 0.490 e. The second-order valence-electron chi connectivity index (χ2n) is 9.15. The summed E-state index contributed by atoms with van der Waals surface area (Å²) in [6.45, 7) is 3.98. The Hall–Kier alpha value is -2.79. The number of aromatic nitrogens is 1. The summed E-state index contributed by atoms with van der Waals surface area (Å²) in [4.78, 5) is 42.6. The highest BCUT2D eigenvalue weighted by atomic mass is 19.4. The Kier molecular flexibility index (Phi) is 7.18. The molecule has 7 nitrogen and oxygen atoms in total. The van der Waals surface area contributed by atoms with Gasteiger partial charge in [-0.1, -0.05) is 6.07 Å². The summed E-state index contributed by atoms with van der Waals surface area (Å²) in [5.74, 6) is -6.17. The van der Waals surface area contributed by atoms with Crippen molar-refractivity contribution in [3.8, 4) is 0 Å². The molecule has 1 saturated carbocycles. The van der Waals surface area contributed by atoms with Gasteiger partial charge in [-0.25, -0.2) is 13.6 Å². The Morgan fingerprint density at radius 3 is 2.38 bits per heavy atom. The maximum atomic E-state index is 13.1. The van der Waals surface area contributed by atoms with Gasteiger partial charge < -0.3 is 14.9 Å². The average Bonchev–Trinajstić information content (AvgIpc) is 3.00. The lowest BCUT2D eigenvalue weighted by Gasteiger charge is -2.43. The second kappa shape index (κ2) is 9.46.